The Bertz CT molecular complexity index is 476. The fraction of sp³-hybridized carbons (Fsp3) is 0.333. The maximum Gasteiger partial charge on any atom is 0.240 e. The van der Waals surface area contributed by atoms with Gasteiger partial charge < -0.3 is 5.11 Å². The number of nitrogens with one attached hydrogen (secondary N) is 1. The molecule has 1 unspecified atom stereocenters. The molecule has 0 aliphatic rings. The van der Waals surface area contributed by atoms with Gasteiger partial charge in [-0.05, 0) is 41.1 Å². The average molecular weight is 329 g/mol. The number of hydrogen-bond acceptors (Lipinski definition) is 3. The minimum Gasteiger partial charge on any atom is -0.392 e. The third kappa shape index (κ3) is 3.71. The summed E-state index contributed by atoms with van der Waals surface area (Å²) in [5.74, 6) is 0. The van der Waals surface area contributed by atoms with Crippen molar-refractivity contribution in [2.24, 2.45) is 0 Å². The third-order valence-corrected chi connectivity index (χ3v) is 4.41. The molecule has 0 spiro atoms. The number of aliphatic hydroxyl groups is 1. The Morgan fingerprint density at radius 2 is 2.19 bits per heavy atom. The van der Waals surface area contributed by atoms with Gasteiger partial charge >= 0.3 is 0 Å². The van der Waals surface area contributed by atoms with E-state index in [1.54, 1.807) is 0 Å². The van der Waals surface area contributed by atoms with Crippen molar-refractivity contribution in [3.63, 3.8) is 0 Å². The number of sulfonamides is 1. The molecule has 0 amide bonds. The summed E-state index contributed by atoms with van der Waals surface area (Å²) in [5.41, 5.74) is 0. The van der Waals surface area contributed by atoms with Crippen LogP contribution in [0.2, 0.25) is 5.02 Å². The molecule has 0 saturated carbocycles. The Morgan fingerprint density at radius 1 is 1.56 bits per heavy atom. The SMILES string of the molecule is CC(O)CNS(=O)(=O)c1ccc(Cl)c(Br)c1. The fourth-order valence-electron chi connectivity index (χ4n) is 0.958. The molecule has 1 aromatic rings. The van der Waals surface area contributed by atoms with Gasteiger partial charge in [0.25, 0.3) is 0 Å². The highest BCUT2D eigenvalue weighted by atomic mass is 79.9. The number of rotatable bonds is 4. The lowest BCUT2D eigenvalue weighted by Gasteiger charge is -2.08. The molecule has 0 fully saturated rings. The molecule has 2 N–H and O–H groups in total. The smallest absolute Gasteiger partial charge is 0.240 e. The van der Waals surface area contributed by atoms with E-state index < -0.39 is 16.1 Å². The van der Waals surface area contributed by atoms with Gasteiger partial charge in [-0.1, -0.05) is 11.6 Å². The zero-order valence-corrected chi connectivity index (χ0v) is 11.6. The molecule has 0 aliphatic heterocycles. The van der Waals surface area contributed by atoms with Crippen molar-refractivity contribution in [3.05, 3.63) is 27.7 Å². The summed E-state index contributed by atoms with van der Waals surface area (Å²) < 4.78 is 26.2. The molecule has 1 aromatic carbocycles. The van der Waals surface area contributed by atoms with E-state index in [4.69, 9.17) is 16.7 Å². The highest BCUT2D eigenvalue weighted by Crippen LogP contribution is 2.25. The molecule has 0 aliphatic carbocycles. The minimum absolute atomic E-state index is 0.0252. The molecular formula is C9H11BrClNO3S. The van der Waals surface area contributed by atoms with E-state index in [1.165, 1.54) is 25.1 Å². The molecule has 4 nitrogen and oxygen atoms in total. The van der Waals surface area contributed by atoms with Crippen molar-refractivity contribution in [2.75, 3.05) is 6.54 Å². The lowest BCUT2D eigenvalue weighted by molar-refractivity contribution is 0.198. The number of halogens is 2. The third-order valence-electron chi connectivity index (χ3n) is 1.77. The van der Waals surface area contributed by atoms with Crippen LogP contribution in [0.4, 0.5) is 0 Å². The molecule has 0 bridgehead atoms. The van der Waals surface area contributed by atoms with Gasteiger partial charge in [-0.2, -0.15) is 0 Å². The van der Waals surface area contributed by atoms with Gasteiger partial charge in [-0.3, -0.25) is 0 Å². The van der Waals surface area contributed by atoms with Crippen LogP contribution < -0.4 is 4.72 Å². The first-order chi connectivity index (χ1) is 7.33. The van der Waals surface area contributed by atoms with E-state index in [1.807, 2.05) is 0 Å². The summed E-state index contributed by atoms with van der Waals surface area (Å²) in [6.07, 6.45) is -0.731. The molecule has 0 aromatic heterocycles. The molecule has 16 heavy (non-hydrogen) atoms. The summed E-state index contributed by atoms with van der Waals surface area (Å²) in [5, 5.41) is 9.44. The Kier molecular flexibility index (Phi) is 4.75. The summed E-state index contributed by atoms with van der Waals surface area (Å²) in [6, 6.07) is 4.30. The molecule has 0 heterocycles. The van der Waals surface area contributed by atoms with Crippen molar-refractivity contribution < 1.29 is 13.5 Å². The topological polar surface area (TPSA) is 66.4 Å². The van der Waals surface area contributed by atoms with E-state index in [0.29, 0.717) is 9.50 Å². The summed E-state index contributed by atoms with van der Waals surface area (Å²) in [7, 11) is -3.59. The van der Waals surface area contributed by atoms with Crippen LogP contribution in [-0.2, 0) is 10.0 Å². The zero-order valence-electron chi connectivity index (χ0n) is 8.44. The highest BCUT2D eigenvalue weighted by molar-refractivity contribution is 9.10. The highest BCUT2D eigenvalue weighted by Gasteiger charge is 2.15. The first-order valence-electron chi connectivity index (χ1n) is 4.45. The number of aliphatic hydroxyl groups excluding tert-OH is 1. The van der Waals surface area contributed by atoms with Gasteiger partial charge in [0.1, 0.15) is 0 Å². The van der Waals surface area contributed by atoms with E-state index in [9.17, 15) is 8.42 Å². The maximum absolute atomic E-state index is 11.7. The largest absolute Gasteiger partial charge is 0.392 e. The Hall–Kier alpha value is -0.140. The predicted molar refractivity (Wildman–Crippen MR) is 66.0 cm³/mol. The molecule has 0 saturated heterocycles. The standard InChI is InChI=1S/C9H11BrClNO3S/c1-6(13)5-12-16(14,15)7-2-3-9(11)8(10)4-7/h2-4,6,12-13H,5H2,1H3. The normalized spacial score (nSPS) is 13.8. The van der Waals surface area contributed by atoms with Crippen LogP contribution in [0.15, 0.2) is 27.6 Å². The summed E-state index contributed by atoms with van der Waals surface area (Å²) >= 11 is 8.90. The Balaban J connectivity index is 2.94. The Morgan fingerprint density at radius 3 is 2.69 bits per heavy atom. The van der Waals surface area contributed by atoms with Crippen LogP contribution in [0.1, 0.15) is 6.92 Å². The van der Waals surface area contributed by atoms with Crippen molar-refractivity contribution in [1.29, 1.82) is 0 Å². The summed E-state index contributed by atoms with van der Waals surface area (Å²) in [6.45, 7) is 1.48. The first kappa shape index (κ1) is 13.9. The summed E-state index contributed by atoms with van der Waals surface area (Å²) in [4.78, 5) is 0.101. The van der Waals surface area contributed by atoms with Crippen LogP contribution in [0.25, 0.3) is 0 Å². The molecular weight excluding hydrogens is 318 g/mol. The van der Waals surface area contributed by atoms with Crippen molar-refractivity contribution in [3.8, 4) is 0 Å². The van der Waals surface area contributed by atoms with E-state index in [0.717, 1.165) is 0 Å². The van der Waals surface area contributed by atoms with E-state index in [-0.39, 0.29) is 11.4 Å². The molecule has 1 rings (SSSR count). The predicted octanol–water partition coefficient (Wildman–Crippen LogP) is 1.76. The van der Waals surface area contributed by atoms with Gasteiger partial charge in [0.2, 0.25) is 10.0 Å². The van der Waals surface area contributed by atoms with Crippen LogP contribution in [0.5, 0.6) is 0 Å². The van der Waals surface area contributed by atoms with Gasteiger partial charge in [-0.15, -0.1) is 0 Å². The van der Waals surface area contributed by atoms with Crippen LogP contribution >= 0.6 is 27.5 Å². The van der Waals surface area contributed by atoms with Gasteiger partial charge in [0, 0.05) is 11.0 Å². The second-order valence-corrected chi connectivity index (χ2v) is 6.31. The van der Waals surface area contributed by atoms with Gasteiger partial charge in [0.05, 0.1) is 16.0 Å². The molecule has 0 radical (unpaired) electrons. The lowest BCUT2D eigenvalue weighted by atomic mass is 10.4. The molecule has 1 atom stereocenters. The van der Waals surface area contributed by atoms with Crippen LogP contribution in [0, 0.1) is 0 Å². The first-order valence-corrected chi connectivity index (χ1v) is 7.11. The average Bonchev–Trinajstić information content (AvgIpc) is 2.19. The van der Waals surface area contributed by atoms with E-state index in [2.05, 4.69) is 20.7 Å². The van der Waals surface area contributed by atoms with Crippen LogP contribution in [0.3, 0.4) is 0 Å². The molecule has 90 valence electrons. The maximum atomic E-state index is 11.7. The quantitative estimate of drug-likeness (QED) is 0.885. The van der Waals surface area contributed by atoms with Crippen molar-refractivity contribution in [2.45, 2.75) is 17.9 Å². The monoisotopic (exact) mass is 327 g/mol. The number of benzene rings is 1. The van der Waals surface area contributed by atoms with E-state index >= 15 is 0 Å². The minimum atomic E-state index is -3.59. The van der Waals surface area contributed by atoms with Crippen LogP contribution in [-0.4, -0.2) is 26.2 Å². The van der Waals surface area contributed by atoms with Gasteiger partial charge in [-0.25, -0.2) is 13.1 Å². The Labute approximate surface area is 108 Å². The van der Waals surface area contributed by atoms with Crippen molar-refractivity contribution in [1.82, 2.24) is 4.72 Å². The second-order valence-electron chi connectivity index (χ2n) is 3.28. The van der Waals surface area contributed by atoms with Gasteiger partial charge in [0.15, 0.2) is 0 Å². The fourth-order valence-corrected chi connectivity index (χ4v) is 2.75. The molecule has 7 heteroatoms. The second kappa shape index (κ2) is 5.46. The van der Waals surface area contributed by atoms with Crippen molar-refractivity contribution >= 4 is 37.6 Å². The zero-order chi connectivity index (χ0) is 12.3. The number of hydrogen-bond donors (Lipinski definition) is 2. The lowest BCUT2D eigenvalue weighted by Crippen LogP contribution is -2.30.